The zero-order chi connectivity index (χ0) is 37.2. The standard InChI is InChI=1S/C37H37F3N8O4/c1-45-12-4-13-47(16-15-45)22-26-9-10-27(19-29(26)37(38,39)40)43-32(49)18-24-6-3-5-23(17-24)7-8-25-21-42-35(41)44-33(25)31-20-28-30(46(31)2)11-14-48(34(28)50)36(51)52/h3,5-6,9-10,17,19-21H,4,11-16,18,22H2,1-2H3,(H,43,49)(H,51,52)(H2,41,42,44). The highest BCUT2D eigenvalue weighted by atomic mass is 19.4. The van der Waals surface area contributed by atoms with E-state index in [1.54, 1.807) is 41.9 Å². The van der Waals surface area contributed by atoms with Gasteiger partial charge in [-0.25, -0.2) is 19.7 Å². The first-order chi connectivity index (χ1) is 24.8. The lowest BCUT2D eigenvalue weighted by Gasteiger charge is -2.23. The molecule has 2 aromatic carbocycles. The summed E-state index contributed by atoms with van der Waals surface area (Å²) in [5, 5.41) is 12.0. The van der Waals surface area contributed by atoms with E-state index in [1.165, 1.54) is 18.3 Å². The molecule has 4 aromatic rings. The van der Waals surface area contributed by atoms with Gasteiger partial charge in [-0.05, 0) is 68.0 Å². The third-order valence-electron chi connectivity index (χ3n) is 9.23. The van der Waals surface area contributed by atoms with Crippen molar-refractivity contribution in [2.75, 3.05) is 50.8 Å². The Morgan fingerprint density at radius 2 is 1.83 bits per heavy atom. The topological polar surface area (TPSA) is 150 Å². The number of likely N-dealkylation sites (N-methyl/N-ethyl adjacent to an activating group) is 1. The minimum absolute atomic E-state index is 0.0198. The monoisotopic (exact) mass is 714 g/mol. The molecule has 12 nitrogen and oxygen atoms in total. The third-order valence-corrected chi connectivity index (χ3v) is 9.23. The van der Waals surface area contributed by atoms with Gasteiger partial charge in [0.05, 0.1) is 28.8 Å². The van der Waals surface area contributed by atoms with Crippen LogP contribution in [0.3, 0.4) is 0 Å². The molecule has 0 bridgehead atoms. The number of nitrogens with zero attached hydrogens (tertiary/aromatic N) is 6. The summed E-state index contributed by atoms with van der Waals surface area (Å²) in [5.41, 5.74) is 8.67. The largest absolute Gasteiger partial charge is 0.465 e. The zero-order valence-corrected chi connectivity index (χ0v) is 28.6. The van der Waals surface area contributed by atoms with Crippen molar-refractivity contribution >= 4 is 29.5 Å². The summed E-state index contributed by atoms with van der Waals surface area (Å²) in [5.74, 6) is 4.94. The maximum absolute atomic E-state index is 14.1. The second-order valence-electron chi connectivity index (χ2n) is 12.9. The van der Waals surface area contributed by atoms with Crippen LogP contribution in [0.2, 0.25) is 0 Å². The van der Waals surface area contributed by atoms with Gasteiger partial charge in [0.1, 0.15) is 5.69 Å². The summed E-state index contributed by atoms with van der Waals surface area (Å²) in [4.78, 5) is 50.8. The number of amides is 3. The Hall–Kier alpha value is -5.72. The van der Waals surface area contributed by atoms with E-state index in [2.05, 4.69) is 32.0 Å². The Labute approximate surface area is 298 Å². The molecule has 0 saturated carbocycles. The van der Waals surface area contributed by atoms with Crippen molar-refractivity contribution in [1.29, 1.82) is 0 Å². The zero-order valence-electron chi connectivity index (χ0n) is 28.6. The molecule has 2 aliphatic rings. The molecule has 2 aliphatic heterocycles. The van der Waals surface area contributed by atoms with Gasteiger partial charge in [-0.15, -0.1) is 0 Å². The van der Waals surface area contributed by atoms with Crippen molar-refractivity contribution in [3.05, 3.63) is 93.8 Å². The Kier molecular flexibility index (Phi) is 10.3. The quantitative estimate of drug-likeness (QED) is 0.246. The predicted molar refractivity (Wildman–Crippen MR) is 187 cm³/mol. The normalized spacial score (nSPS) is 15.4. The number of alkyl halides is 3. The van der Waals surface area contributed by atoms with E-state index >= 15 is 0 Å². The molecule has 0 unspecified atom stereocenters. The number of nitrogens with two attached hydrogens (primary N) is 1. The van der Waals surface area contributed by atoms with Gasteiger partial charge < -0.3 is 25.6 Å². The van der Waals surface area contributed by atoms with Crippen LogP contribution < -0.4 is 11.1 Å². The summed E-state index contributed by atoms with van der Waals surface area (Å²) < 4.78 is 44.1. The molecule has 3 amide bonds. The number of halogens is 3. The number of carbonyl (C=O) groups excluding carboxylic acids is 2. The maximum Gasteiger partial charge on any atom is 0.416 e. The van der Waals surface area contributed by atoms with Crippen molar-refractivity contribution in [2.24, 2.45) is 7.05 Å². The minimum atomic E-state index is -4.58. The number of hydrogen-bond acceptors (Lipinski definition) is 8. The first kappa shape index (κ1) is 36.1. The second-order valence-corrected chi connectivity index (χ2v) is 12.9. The van der Waals surface area contributed by atoms with Gasteiger partial charge in [0.15, 0.2) is 0 Å². The van der Waals surface area contributed by atoms with Crippen LogP contribution in [-0.2, 0) is 37.4 Å². The number of carbonyl (C=O) groups is 3. The number of fused-ring (bicyclic) bond motifs is 1. The van der Waals surface area contributed by atoms with Crippen molar-refractivity contribution < 1.29 is 32.7 Å². The van der Waals surface area contributed by atoms with Crippen LogP contribution in [0.1, 0.15) is 50.3 Å². The average molecular weight is 715 g/mol. The number of nitrogen functional groups attached to an aromatic ring is 1. The molecule has 4 N–H and O–H groups in total. The molecule has 4 heterocycles. The van der Waals surface area contributed by atoms with E-state index in [1.807, 2.05) is 11.9 Å². The fourth-order valence-electron chi connectivity index (χ4n) is 6.53. The van der Waals surface area contributed by atoms with Crippen LogP contribution in [0.4, 0.5) is 29.6 Å². The lowest BCUT2D eigenvalue weighted by molar-refractivity contribution is -0.138. The Balaban J connectivity index is 1.18. The number of nitrogens with one attached hydrogen (secondary N) is 1. The van der Waals surface area contributed by atoms with Gasteiger partial charge in [0, 0.05) is 62.8 Å². The second kappa shape index (κ2) is 14.9. The van der Waals surface area contributed by atoms with Gasteiger partial charge >= 0.3 is 12.3 Å². The van der Waals surface area contributed by atoms with Crippen LogP contribution in [0, 0.1) is 11.8 Å². The van der Waals surface area contributed by atoms with Crippen molar-refractivity contribution in [3.8, 4) is 23.2 Å². The highest BCUT2D eigenvalue weighted by molar-refractivity contribution is 6.05. The van der Waals surface area contributed by atoms with Crippen LogP contribution in [0.5, 0.6) is 0 Å². The lowest BCUT2D eigenvalue weighted by Crippen LogP contribution is -2.41. The molecule has 0 atom stereocenters. The molecular formula is C37H37F3N8O4. The molecule has 0 aliphatic carbocycles. The smallest absolute Gasteiger partial charge is 0.416 e. The van der Waals surface area contributed by atoms with Gasteiger partial charge in [0.2, 0.25) is 11.9 Å². The highest BCUT2D eigenvalue weighted by Crippen LogP contribution is 2.35. The van der Waals surface area contributed by atoms with Gasteiger partial charge in [-0.2, -0.15) is 13.2 Å². The molecule has 0 spiro atoms. The number of imide groups is 1. The van der Waals surface area contributed by atoms with E-state index < -0.39 is 29.6 Å². The molecule has 15 heteroatoms. The number of aromatic nitrogens is 3. The van der Waals surface area contributed by atoms with E-state index in [-0.39, 0.29) is 42.3 Å². The highest BCUT2D eigenvalue weighted by Gasteiger charge is 2.35. The first-order valence-electron chi connectivity index (χ1n) is 16.6. The number of carboxylic acid groups (broad SMARTS) is 1. The molecule has 2 aromatic heterocycles. The van der Waals surface area contributed by atoms with Crippen molar-refractivity contribution in [1.82, 2.24) is 29.2 Å². The Bertz CT molecular complexity index is 2100. The van der Waals surface area contributed by atoms with Gasteiger partial charge in [-0.3, -0.25) is 14.5 Å². The maximum atomic E-state index is 14.1. The summed E-state index contributed by atoms with van der Waals surface area (Å²) >= 11 is 0. The molecular weight excluding hydrogens is 677 g/mol. The van der Waals surface area contributed by atoms with E-state index in [0.717, 1.165) is 30.5 Å². The van der Waals surface area contributed by atoms with Crippen LogP contribution in [-0.4, -0.2) is 92.0 Å². The summed E-state index contributed by atoms with van der Waals surface area (Å²) in [6.45, 7) is 3.28. The number of rotatable bonds is 6. The Morgan fingerprint density at radius 3 is 2.60 bits per heavy atom. The van der Waals surface area contributed by atoms with Crippen LogP contribution in [0.25, 0.3) is 11.4 Å². The molecule has 52 heavy (non-hydrogen) atoms. The average Bonchev–Trinajstić information content (AvgIpc) is 3.29. The summed E-state index contributed by atoms with van der Waals surface area (Å²) in [6.07, 6.45) is -3.35. The number of anilines is 2. The minimum Gasteiger partial charge on any atom is -0.465 e. The molecule has 6 rings (SSSR count). The number of benzene rings is 2. The van der Waals surface area contributed by atoms with Crippen LogP contribution in [0.15, 0.2) is 54.7 Å². The number of hydrogen-bond donors (Lipinski definition) is 3. The SMILES string of the molecule is CN1CCCN(Cc2ccc(NC(=O)Cc3cccc(C#Cc4cnc(N)nc4-c4cc5c(n4C)CCN(C(=O)O)C5=O)c3)cc2C(F)(F)F)CC1. The fourth-order valence-corrected chi connectivity index (χ4v) is 6.53. The molecule has 270 valence electrons. The van der Waals surface area contributed by atoms with Crippen LogP contribution >= 0.6 is 0 Å². The molecule has 0 radical (unpaired) electrons. The van der Waals surface area contributed by atoms with Gasteiger partial charge in [0.25, 0.3) is 5.91 Å². The molecule has 1 fully saturated rings. The van der Waals surface area contributed by atoms with Crippen molar-refractivity contribution in [3.63, 3.8) is 0 Å². The lowest BCUT2D eigenvalue weighted by atomic mass is 10.0. The first-order valence-corrected chi connectivity index (χ1v) is 16.6. The fraction of sp³-hybridized carbons (Fsp3) is 0.324. The molecule has 1 saturated heterocycles. The third kappa shape index (κ3) is 8.09. The van der Waals surface area contributed by atoms with E-state index in [0.29, 0.717) is 53.3 Å². The van der Waals surface area contributed by atoms with Gasteiger partial charge in [-0.1, -0.05) is 30.0 Å². The Morgan fingerprint density at radius 1 is 1.02 bits per heavy atom. The van der Waals surface area contributed by atoms with E-state index in [9.17, 15) is 32.7 Å². The van der Waals surface area contributed by atoms with Crippen molar-refractivity contribution in [2.45, 2.75) is 32.0 Å². The summed E-state index contributed by atoms with van der Waals surface area (Å²) in [6, 6.07) is 12.4. The predicted octanol–water partition coefficient (Wildman–Crippen LogP) is 4.48. The van der Waals surface area contributed by atoms with E-state index in [4.69, 9.17) is 5.73 Å². The summed E-state index contributed by atoms with van der Waals surface area (Å²) in [7, 11) is 3.75.